The number of hydrogen-bond donors (Lipinski definition) is 2. The van der Waals surface area contributed by atoms with E-state index in [1.54, 1.807) is 6.07 Å². The van der Waals surface area contributed by atoms with Gasteiger partial charge in [-0.05, 0) is 44.2 Å². The second-order valence-electron chi connectivity index (χ2n) is 5.83. The van der Waals surface area contributed by atoms with E-state index in [2.05, 4.69) is 10.3 Å². The molecule has 1 aromatic carbocycles. The minimum Gasteiger partial charge on any atom is -0.490 e. The molecule has 1 aliphatic carbocycles. The van der Waals surface area contributed by atoms with Crippen LogP contribution in [0, 0.1) is 5.82 Å². The Bertz CT molecular complexity index is 645. The average molecular weight is 274 g/mol. The lowest BCUT2D eigenvalue weighted by Crippen LogP contribution is -2.19. The normalized spacial score (nSPS) is 18.1. The standard InChI is InChI=1S/C16H19FN2O/c17-13-8-14-15(12-2-1-7-20-16(12)13)10(9-19-14)5-6-18-11-3-4-11/h8-9,11,18-19H,1-7H2. The quantitative estimate of drug-likeness (QED) is 0.899. The minimum atomic E-state index is -0.239. The van der Waals surface area contributed by atoms with Crippen molar-refractivity contribution < 1.29 is 9.13 Å². The maximum atomic E-state index is 14.0. The Labute approximate surface area is 117 Å². The summed E-state index contributed by atoms with van der Waals surface area (Å²) in [6.07, 6.45) is 7.49. The summed E-state index contributed by atoms with van der Waals surface area (Å²) in [5, 5.41) is 4.71. The number of aromatic amines is 1. The molecule has 0 saturated heterocycles. The summed E-state index contributed by atoms with van der Waals surface area (Å²) >= 11 is 0. The summed E-state index contributed by atoms with van der Waals surface area (Å²) < 4.78 is 19.6. The van der Waals surface area contributed by atoms with Gasteiger partial charge in [0.25, 0.3) is 0 Å². The van der Waals surface area contributed by atoms with Crippen molar-refractivity contribution in [1.82, 2.24) is 10.3 Å². The van der Waals surface area contributed by atoms with Gasteiger partial charge in [-0.15, -0.1) is 0 Å². The van der Waals surface area contributed by atoms with E-state index in [-0.39, 0.29) is 5.82 Å². The molecule has 4 rings (SSSR count). The number of hydrogen-bond acceptors (Lipinski definition) is 2. The van der Waals surface area contributed by atoms with Crippen LogP contribution in [0.15, 0.2) is 12.3 Å². The number of nitrogens with one attached hydrogen (secondary N) is 2. The molecule has 0 spiro atoms. The van der Waals surface area contributed by atoms with Crippen molar-refractivity contribution in [2.24, 2.45) is 0 Å². The number of ether oxygens (including phenoxy) is 1. The highest BCUT2D eigenvalue weighted by molar-refractivity contribution is 5.89. The third-order valence-corrected chi connectivity index (χ3v) is 4.28. The Morgan fingerprint density at radius 1 is 1.40 bits per heavy atom. The molecule has 3 nitrogen and oxygen atoms in total. The van der Waals surface area contributed by atoms with Crippen LogP contribution in [0.2, 0.25) is 0 Å². The monoisotopic (exact) mass is 274 g/mol. The summed E-state index contributed by atoms with van der Waals surface area (Å²) in [5.41, 5.74) is 3.22. The predicted octanol–water partition coefficient (Wildman–Crippen LogP) is 2.93. The number of aryl methyl sites for hydroxylation is 1. The van der Waals surface area contributed by atoms with E-state index < -0.39 is 0 Å². The molecule has 1 saturated carbocycles. The summed E-state index contributed by atoms with van der Waals surface area (Å²) in [5.74, 6) is 0.233. The lowest BCUT2D eigenvalue weighted by Gasteiger charge is -2.19. The molecule has 0 radical (unpaired) electrons. The van der Waals surface area contributed by atoms with Gasteiger partial charge in [0.15, 0.2) is 11.6 Å². The maximum Gasteiger partial charge on any atom is 0.167 e. The van der Waals surface area contributed by atoms with Crippen LogP contribution in [0.4, 0.5) is 4.39 Å². The van der Waals surface area contributed by atoms with E-state index in [9.17, 15) is 4.39 Å². The van der Waals surface area contributed by atoms with E-state index >= 15 is 0 Å². The maximum absolute atomic E-state index is 14.0. The fourth-order valence-electron chi connectivity index (χ4n) is 3.12. The molecule has 20 heavy (non-hydrogen) atoms. The zero-order valence-electron chi connectivity index (χ0n) is 11.5. The number of H-pyrrole nitrogens is 1. The number of fused-ring (bicyclic) bond motifs is 3. The zero-order valence-corrected chi connectivity index (χ0v) is 11.5. The number of rotatable bonds is 4. The molecule has 2 aliphatic rings. The van der Waals surface area contributed by atoms with Gasteiger partial charge < -0.3 is 15.0 Å². The van der Waals surface area contributed by atoms with E-state index in [1.165, 1.54) is 23.8 Å². The molecule has 1 aromatic heterocycles. The Hall–Kier alpha value is -1.55. The molecular weight excluding hydrogens is 255 g/mol. The van der Waals surface area contributed by atoms with Gasteiger partial charge in [0.1, 0.15) is 0 Å². The highest BCUT2D eigenvalue weighted by atomic mass is 19.1. The van der Waals surface area contributed by atoms with Gasteiger partial charge in [-0.3, -0.25) is 0 Å². The van der Waals surface area contributed by atoms with Crippen LogP contribution in [0.1, 0.15) is 30.4 Å². The van der Waals surface area contributed by atoms with Crippen molar-refractivity contribution in [3.05, 3.63) is 29.2 Å². The molecule has 0 amide bonds. The van der Waals surface area contributed by atoms with Crippen molar-refractivity contribution in [3.8, 4) is 5.75 Å². The molecule has 2 heterocycles. The van der Waals surface area contributed by atoms with Crippen LogP contribution in [0.3, 0.4) is 0 Å². The molecule has 0 unspecified atom stereocenters. The zero-order chi connectivity index (χ0) is 13.5. The second kappa shape index (κ2) is 4.77. The summed E-state index contributed by atoms with van der Waals surface area (Å²) in [4.78, 5) is 3.21. The van der Waals surface area contributed by atoms with E-state index in [1.807, 2.05) is 6.20 Å². The average Bonchev–Trinajstić information content (AvgIpc) is 3.20. The van der Waals surface area contributed by atoms with Crippen LogP contribution >= 0.6 is 0 Å². The Kier molecular flexibility index (Phi) is 2.91. The van der Waals surface area contributed by atoms with Crippen LogP contribution in [-0.2, 0) is 12.8 Å². The summed E-state index contributed by atoms with van der Waals surface area (Å²) in [7, 11) is 0. The third-order valence-electron chi connectivity index (χ3n) is 4.28. The predicted molar refractivity (Wildman–Crippen MR) is 76.8 cm³/mol. The Morgan fingerprint density at radius 2 is 2.30 bits per heavy atom. The molecule has 2 N–H and O–H groups in total. The molecular formula is C16H19FN2O. The van der Waals surface area contributed by atoms with E-state index in [0.717, 1.165) is 42.9 Å². The van der Waals surface area contributed by atoms with Gasteiger partial charge in [0.2, 0.25) is 0 Å². The van der Waals surface area contributed by atoms with Gasteiger partial charge >= 0.3 is 0 Å². The fourth-order valence-corrected chi connectivity index (χ4v) is 3.12. The number of halogens is 1. The van der Waals surface area contributed by atoms with Crippen LogP contribution in [0.5, 0.6) is 5.75 Å². The molecule has 1 aliphatic heterocycles. The smallest absolute Gasteiger partial charge is 0.167 e. The van der Waals surface area contributed by atoms with Gasteiger partial charge in [-0.2, -0.15) is 0 Å². The van der Waals surface area contributed by atoms with Crippen molar-refractivity contribution >= 4 is 10.9 Å². The van der Waals surface area contributed by atoms with E-state index in [4.69, 9.17) is 4.74 Å². The first kappa shape index (κ1) is 12.2. The first-order chi connectivity index (χ1) is 9.83. The topological polar surface area (TPSA) is 37.0 Å². The molecule has 0 atom stereocenters. The number of aromatic nitrogens is 1. The first-order valence-corrected chi connectivity index (χ1v) is 7.50. The summed E-state index contributed by atoms with van der Waals surface area (Å²) in [6, 6.07) is 2.30. The van der Waals surface area contributed by atoms with Crippen LogP contribution in [0.25, 0.3) is 10.9 Å². The fraction of sp³-hybridized carbons (Fsp3) is 0.500. The van der Waals surface area contributed by atoms with E-state index in [0.29, 0.717) is 12.4 Å². The molecule has 106 valence electrons. The van der Waals surface area contributed by atoms with Crippen molar-refractivity contribution in [2.45, 2.75) is 38.1 Å². The third kappa shape index (κ3) is 2.08. The highest BCUT2D eigenvalue weighted by Gasteiger charge is 2.22. The lowest BCUT2D eigenvalue weighted by molar-refractivity contribution is 0.274. The SMILES string of the molecule is Fc1cc2[nH]cc(CCNC3CC3)c2c2c1OCCC2. The van der Waals surface area contributed by atoms with Crippen molar-refractivity contribution in [2.75, 3.05) is 13.2 Å². The first-order valence-electron chi connectivity index (χ1n) is 7.50. The minimum absolute atomic E-state index is 0.239. The Balaban J connectivity index is 1.69. The highest BCUT2D eigenvalue weighted by Crippen LogP contribution is 2.36. The van der Waals surface area contributed by atoms with Crippen LogP contribution in [-0.4, -0.2) is 24.2 Å². The van der Waals surface area contributed by atoms with Gasteiger partial charge in [-0.25, -0.2) is 4.39 Å². The largest absolute Gasteiger partial charge is 0.490 e. The molecule has 2 aromatic rings. The second-order valence-corrected chi connectivity index (χ2v) is 5.83. The van der Waals surface area contributed by atoms with Crippen molar-refractivity contribution in [1.29, 1.82) is 0 Å². The van der Waals surface area contributed by atoms with Gasteiger partial charge in [0.05, 0.1) is 6.61 Å². The number of benzene rings is 1. The van der Waals surface area contributed by atoms with Gasteiger partial charge in [0, 0.05) is 34.8 Å². The summed E-state index contributed by atoms with van der Waals surface area (Å²) in [6.45, 7) is 1.61. The molecule has 4 heteroatoms. The van der Waals surface area contributed by atoms with Crippen LogP contribution < -0.4 is 10.1 Å². The van der Waals surface area contributed by atoms with Gasteiger partial charge in [-0.1, -0.05) is 0 Å². The Morgan fingerprint density at radius 3 is 3.15 bits per heavy atom. The van der Waals surface area contributed by atoms with Crippen molar-refractivity contribution in [3.63, 3.8) is 0 Å². The molecule has 1 fully saturated rings. The lowest BCUT2D eigenvalue weighted by atomic mass is 9.98. The molecule has 0 bridgehead atoms.